The molecule has 35 heavy (non-hydrogen) atoms. The Kier molecular flexibility index (Phi) is 9.08. The summed E-state index contributed by atoms with van der Waals surface area (Å²) in [6, 6.07) is 6.73. The summed E-state index contributed by atoms with van der Waals surface area (Å²) in [6.07, 6.45) is 2.81. The number of amides is 3. The van der Waals surface area contributed by atoms with E-state index < -0.39 is 0 Å². The molecule has 2 heterocycles. The molecular formula is C24H30ClN5O4S. The zero-order valence-corrected chi connectivity index (χ0v) is 21.1. The van der Waals surface area contributed by atoms with Gasteiger partial charge in [-0.1, -0.05) is 11.6 Å². The van der Waals surface area contributed by atoms with Crippen LogP contribution < -0.4 is 10.6 Å². The van der Waals surface area contributed by atoms with Crippen LogP contribution in [0.2, 0.25) is 5.02 Å². The second kappa shape index (κ2) is 12.4. The molecular weight excluding hydrogens is 490 g/mol. The molecule has 2 aromatic rings. The van der Waals surface area contributed by atoms with Gasteiger partial charge in [0, 0.05) is 41.6 Å². The van der Waals surface area contributed by atoms with Crippen molar-refractivity contribution >= 4 is 45.8 Å². The molecule has 1 aromatic heterocycles. The van der Waals surface area contributed by atoms with Crippen LogP contribution in [0.3, 0.4) is 0 Å². The number of rotatable bonds is 11. The van der Waals surface area contributed by atoms with E-state index in [4.69, 9.17) is 16.3 Å². The van der Waals surface area contributed by atoms with Crippen LogP contribution >= 0.6 is 22.9 Å². The van der Waals surface area contributed by atoms with Crippen LogP contribution in [0.1, 0.15) is 35.3 Å². The van der Waals surface area contributed by atoms with E-state index >= 15 is 0 Å². The van der Waals surface area contributed by atoms with Crippen molar-refractivity contribution in [1.82, 2.24) is 20.1 Å². The zero-order valence-electron chi connectivity index (χ0n) is 19.5. The number of benzene rings is 1. The summed E-state index contributed by atoms with van der Waals surface area (Å²) in [4.78, 5) is 46.0. The Bertz CT molecular complexity index is 1020. The molecule has 4 rings (SSSR count). The van der Waals surface area contributed by atoms with Crippen molar-refractivity contribution in [2.75, 3.05) is 51.3 Å². The summed E-state index contributed by atoms with van der Waals surface area (Å²) >= 11 is 7.18. The second-order valence-corrected chi connectivity index (χ2v) is 9.99. The first-order valence-corrected chi connectivity index (χ1v) is 13.1. The van der Waals surface area contributed by atoms with Crippen molar-refractivity contribution in [1.29, 1.82) is 0 Å². The van der Waals surface area contributed by atoms with Gasteiger partial charge in [-0.05, 0) is 50.1 Å². The van der Waals surface area contributed by atoms with Gasteiger partial charge in [0.05, 0.1) is 25.3 Å². The van der Waals surface area contributed by atoms with Crippen LogP contribution in [0.15, 0.2) is 29.6 Å². The van der Waals surface area contributed by atoms with Crippen molar-refractivity contribution < 1.29 is 19.1 Å². The Morgan fingerprint density at radius 1 is 1.14 bits per heavy atom. The summed E-state index contributed by atoms with van der Waals surface area (Å²) in [7, 11) is 0. The molecule has 2 aliphatic rings. The summed E-state index contributed by atoms with van der Waals surface area (Å²) in [5.74, 6) is -0.597. The van der Waals surface area contributed by atoms with Crippen molar-refractivity contribution in [3.05, 3.63) is 45.9 Å². The standard InChI is InChI=1S/C24H30ClN5O4S/c25-18-4-2-17(3-5-18)23(33)30(20-6-7-20)15-22(32)28-24-27-19(16-35-24)14-21(31)26-8-1-9-29-10-12-34-13-11-29/h2-5,16,20H,1,6-15H2,(H,26,31)(H,27,28,32). The molecule has 0 radical (unpaired) electrons. The SMILES string of the molecule is O=C(Cc1csc(NC(=O)CN(C(=O)c2ccc(Cl)cc2)C2CC2)n1)NCCCN1CCOCC1. The number of hydrogen-bond acceptors (Lipinski definition) is 7. The highest BCUT2D eigenvalue weighted by Gasteiger charge is 2.34. The van der Waals surface area contributed by atoms with Crippen LogP contribution in [0.5, 0.6) is 0 Å². The van der Waals surface area contributed by atoms with Gasteiger partial charge in [-0.25, -0.2) is 4.98 Å². The number of hydrogen-bond donors (Lipinski definition) is 2. The van der Waals surface area contributed by atoms with E-state index in [9.17, 15) is 14.4 Å². The maximum absolute atomic E-state index is 12.9. The molecule has 2 N–H and O–H groups in total. The topological polar surface area (TPSA) is 104 Å². The highest BCUT2D eigenvalue weighted by molar-refractivity contribution is 7.13. The number of anilines is 1. The molecule has 0 unspecified atom stereocenters. The first kappa shape index (κ1) is 25.6. The number of ether oxygens (including phenoxy) is 1. The minimum atomic E-state index is -0.312. The summed E-state index contributed by atoms with van der Waals surface area (Å²) < 4.78 is 5.34. The highest BCUT2D eigenvalue weighted by atomic mass is 35.5. The maximum atomic E-state index is 12.9. The number of halogens is 1. The van der Waals surface area contributed by atoms with Crippen LogP contribution in [0, 0.1) is 0 Å². The number of thiazole rings is 1. The Hall–Kier alpha value is -2.53. The van der Waals surface area contributed by atoms with Gasteiger partial charge in [0.25, 0.3) is 5.91 Å². The summed E-state index contributed by atoms with van der Waals surface area (Å²) in [5, 5.41) is 8.42. The monoisotopic (exact) mass is 519 g/mol. The minimum absolute atomic E-state index is 0.0509. The van der Waals surface area contributed by atoms with Gasteiger partial charge in [-0.15, -0.1) is 11.3 Å². The van der Waals surface area contributed by atoms with Gasteiger partial charge in [-0.2, -0.15) is 0 Å². The second-order valence-electron chi connectivity index (χ2n) is 8.70. The van der Waals surface area contributed by atoms with Gasteiger partial charge in [0.1, 0.15) is 6.54 Å². The number of carbonyl (C=O) groups is 3. The largest absolute Gasteiger partial charge is 0.379 e. The third kappa shape index (κ3) is 7.99. The zero-order chi connectivity index (χ0) is 24.6. The molecule has 1 saturated carbocycles. The fourth-order valence-corrected chi connectivity index (χ4v) is 4.70. The lowest BCUT2D eigenvalue weighted by Crippen LogP contribution is -2.39. The molecule has 0 bridgehead atoms. The molecule has 0 atom stereocenters. The van der Waals surface area contributed by atoms with Crippen LogP contribution in [0.4, 0.5) is 5.13 Å². The van der Waals surface area contributed by atoms with Crippen LogP contribution in [-0.2, 0) is 20.7 Å². The Balaban J connectivity index is 1.20. The predicted octanol–water partition coefficient (Wildman–Crippen LogP) is 2.42. The number of aromatic nitrogens is 1. The molecule has 2 fully saturated rings. The van der Waals surface area contributed by atoms with Gasteiger partial charge in [-0.3, -0.25) is 19.3 Å². The Morgan fingerprint density at radius 3 is 2.60 bits per heavy atom. The number of morpholine rings is 1. The molecule has 0 spiro atoms. The first-order valence-electron chi connectivity index (χ1n) is 11.9. The van der Waals surface area contributed by atoms with Gasteiger partial charge in [0.2, 0.25) is 11.8 Å². The van der Waals surface area contributed by atoms with Crippen molar-refractivity contribution in [3.8, 4) is 0 Å². The normalized spacial score (nSPS) is 16.0. The third-order valence-electron chi connectivity index (χ3n) is 5.87. The molecule has 188 valence electrons. The van der Waals surface area contributed by atoms with Gasteiger partial charge < -0.3 is 20.3 Å². The molecule has 3 amide bonds. The number of carbonyl (C=O) groups excluding carboxylic acids is 3. The minimum Gasteiger partial charge on any atom is -0.379 e. The van der Waals surface area contributed by atoms with E-state index in [1.807, 2.05) is 0 Å². The van der Waals surface area contributed by atoms with Gasteiger partial charge >= 0.3 is 0 Å². The summed E-state index contributed by atoms with van der Waals surface area (Å²) in [5.41, 5.74) is 1.11. The lowest BCUT2D eigenvalue weighted by Gasteiger charge is -2.26. The highest BCUT2D eigenvalue weighted by Crippen LogP contribution is 2.28. The molecule has 1 aliphatic carbocycles. The average molecular weight is 520 g/mol. The van der Waals surface area contributed by atoms with E-state index in [1.165, 1.54) is 11.3 Å². The Morgan fingerprint density at radius 2 is 1.89 bits per heavy atom. The van der Waals surface area contributed by atoms with E-state index in [-0.39, 0.29) is 36.7 Å². The van der Waals surface area contributed by atoms with E-state index in [1.54, 1.807) is 34.5 Å². The van der Waals surface area contributed by atoms with Crippen LogP contribution in [0.25, 0.3) is 0 Å². The molecule has 1 aliphatic heterocycles. The van der Waals surface area contributed by atoms with Crippen molar-refractivity contribution in [2.45, 2.75) is 31.7 Å². The average Bonchev–Trinajstić information content (AvgIpc) is 3.61. The first-order chi connectivity index (χ1) is 17.0. The fraction of sp³-hybridized carbons (Fsp3) is 0.500. The van der Waals surface area contributed by atoms with Gasteiger partial charge in [0.15, 0.2) is 5.13 Å². The number of nitrogens with zero attached hydrogens (tertiary/aromatic N) is 3. The van der Waals surface area contributed by atoms with E-state index in [2.05, 4.69) is 20.5 Å². The quantitative estimate of drug-likeness (QED) is 0.442. The summed E-state index contributed by atoms with van der Waals surface area (Å²) in [6.45, 7) is 4.92. The van der Waals surface area contributed by atoms with Crippen molar-refractivity contribution in [3.63, 3.8) is 0 Å². The van der Waals surface area contributed by atoms with E-state index in [0.29, 0.717) is 28.0 Å². The lowest BCUT2D eigenvalue weighted by atomic mass is 10.2. The third-order valence-corrected chi connectivity index (χ3v) is 6.93. The van der Waals surface area contributed by atoms with Crippen LogP contribution in [-0.4, -0.2) is 84.5 Å². The molecule has 1 saturated heterocycles. The molecule has 11 heteroatoms. The molecule has 9 nitrogen and oxygen atoms in total. The predicted molar refractivity (Wildman–Crippen MR) is 135 cm³/mol. The maximum Gasteiger partial charge on any atom is 0.254 e. The smallest absolute Gasteiger partial charge is 0.254 e. The Labute approximate surface area is 213 Å². The lowest BCUT2D eigenvalue weighted by molar-refractivity contribution is -0.120. The fourth-order valence-electron chi connectivity index (χ4n) is 3.85. The number of nitrogens with one attached hydrogen (secondary N) is 2. The van der Waals surface area contributed by atoms with E-state index in [0.717, 1.165) is 52.1 Å². The van der Waals surface area contributed by atoms with Crippen molar-refractivity contribution in [2.24, 2.45) is 0 Å². The molecule has 1 aromatic carbocycles.